The summed E-state index contributed by atoms with van der Waals surface area (Å²) in [6, 6.07) is 9.25. The highest BCUT2D eigenvalue weighted by Gasteiger charge is 2.74. The summed E-state index contributed by atoms with van der Waals surface area (Å²) in [7, 11) is 0. The standard InChI is InChI=1S/C43H58O8.C30H48O3.C13H11ClO5/c1-25(2)29-16-21-43(38(47)48)23-22-41(8)30(37(29)43)12-14-34-40(7)19-18-35(39(5,6)33(40)17-20-42(34,41)9)51-36(46)15-11-28-10-13-31(49-26(3)44)32(24-28)50-27(4)45;1-18(2)19-10-15-30(25(32)33)17-16-28(6)20(24(19)30)8-9-22-27(5)13-12-23(31)26(3,4)21(27)11-14-29(22,28)7;1-8(15)18-11-5-3-10(4-6-13(14)17)7-12(11)19-9(2)16/h10-11,13,15,24,29-30,33-35,37H,1,12,14,16-23H2,2-9H3,(H,47,48);19-24,31H,1,8-17H2,2-7H3,(H,32,33);3-7H,1-2H3/b15-11+;;6-4+/t29-,30+,33-,34+,35-,37+,40-,41+,42+,43-;19-,20+,21-,22+,23-,24+,27-,28+,29+,30-;/m00./s1. The number of fused-ring (bicyclic) bond motifs is 14. The first kappa shape index (κ1) is 79.2. The van der Waals surface area contributed by atoms with E-state index < -0.39 is 57.9 Å². The number of allylic oxidation sites excluding steroid dienone is 3. The second-order valence-corrected chi connectivity index (χ2v) is 36.6. The van der Waals surface area contributed by atoms with Gasteiger partial charge in [-0.1, -0.05) is 112 Å². The molecule has 20 atom stereocenters. The number of rotatable bonds is 13. The third kappa shape index (κ3) is 13.7. The maximum atomic E-state index is 13.3. The van der Waals surface area contributed by atoms with Crippen LogP contribution in [0.4, 0.5) is 0 Å². The molecule has 0 bridgehead atoms. The molecular formula is C86H117ClO16. The highest BCUT2D eigenvalue weighted by Crippen LogP contribution is 2.80. The lowest BCUT2D eigenvalue weighted by Gasteiger charge is -2.72. The SMILES string of the molecule is C=C(C)[C@@H]1CC[C@]2(C(=O)O)CC[C@]3(C)[C@H](CC[C@@H]4[C@@]5(C)CC[C@H](O)C(C)(C)[C@@H]5CC[C@]43C)[C@@H]12.C=C(C)[C@@H]1CC[C@]2(C(=O)O)CC[C@]3(C)[C@H](CC[C@@H]4[C@@]5(C)CC[C@H](OC(=O)/C=C/c6ccc(OC(C)=O)c(OC(C)=O)c6)C(C)(C)[C@@H]5CC[C@]43C)[C@@H]12.CC(=O)Oc1ccc(/C=C/C(=O)Cl)cc1OC(C)=O. The van der Waals surface area contributed by atoms with Crippen LogP contribution in [0.15, 0.2) is 72.9 Å². The number of aliphatic carboxylic acids is 2. The number of hydrogen-bond acceptors (Lipinski definition) is 14. The van der Waals surface area contributed by atoms with Crippen LogP contribution in [0.1, 0.15) is 250 Å². The number of carbonyl (C=O) groups is 8. The zero-order valence-corrected chi connectivity index (χ0v) is 65.0. The second-order valence-electron chi connectivity index (χ2n) is 36.2. The number of esters is 5. The number of hydrogen-bond donors (Lipinski definition) is 3. The van der Waals surface area contributed by atoms with Crippen LogP contribution in [0.3, 0.4) is 0 Å². The first-order chi connectivity index (χ1) is 47.9. The Hall–Kier alpha value is -6.39. The van der Waals surface area contributed by atoms with Gasteiger partial charge in [0, 0.05) is 39.2 Å². The molecular weight excluding hydrogens is 1320 g/mol. The van der Waals surface area contributed by atoms with Crippen molar-refractivity contribution in [2.45, 2.75) is 251 Å². The highest BCUT2D eigenvalue weighted by molar-refractivity contribution is 6.66. The number of benzene rings is 2. The molecule has 0 saturated heterocycles. The molecule has 17 heteroatoms. The lowest BCUT2D eigenvalue weighted by molar-refractivity contribution is -0.250. The van der Waals surface area contributed by atoms with E-state index >= 15 is 0 Å². The molecule has 0 unspecified atom stereocenters. The van der Waals surface area contributed by atoms with E-state index in [4.69, 9.17) is 35.3 Å². The van der Waals surface area contributed by atoms with Gasteiger partial charge in [0.05, 0.1) is 16.9 Å². The number of aliphatic hydroxyl groups is 1. The van der Waals surface area contributed by atoms with Gasteiger partial charge in [0.15, 0.2) is 23.0 Å². The number of ether oxygens (including phenoxy) is 5. The van der Waals surface area contributed by atoms with Gasteiger partial charge < -0.3 is 39.0 Å². The first-order valence-electron chi connectivity index (χ1n) is 38.2. The Morgan fingerprint density at radius 3 is 1.21 bits per heavy atom. The van der Waals surface area contributed by atoms with Crippen molar-refractivity contribution in [2.75, 3.05) is 0 Å². The van der Waals surface area contributed by atoms with Crippen LogP contribution in [0.5, 0.6) is 23.0 Å². The molecule has 10 aliphatic rings. The van der Waals surface area contributed by atoms with Gasteiger partial charge in [-0.05, 0) is 298 Å². The normalized spacial score (nSPS) is 39.0. The molecule has 3 N–H and O–H groups in total. The molecule has 0 spiro atoms. The molecule has 103 heavy (non-hydrogen) atoms. The molecule has 2 aromatic rings. The zero-order valence-electron chi connectivity index (χ0n) is 64.3. The van der Waals surface area contributed by atoms with Crippen molar-refractivity contribution in [3.63, 3.8) is 0 Å². The van der Waals surface area contributed by atoms with Crippen molar-refractivity contribution in [1.82, 2.24) is 0 Å². The summed E-state index contributed by atoms with van der Waals surface area (Å²) >= 11 is 5.17. The van der Waals surface area contributed by atoms with Gasteiger partial charge in [-0.3, -0.25) is 33.6 Å². The average Bonchev–Trinajstić information content (AvgIpc) is 1.63. The van der Waals surface area contributed by atoms with E-state index in [1.54, 1.807) is 24.3 Å². The number of carboxylic acid groups (broad SMARTS) is 2. The Balaban J connectivity index is 0.000000186. The fraction of sp³-hybridized carbons (Fsp3) is 0.674. The topological polar surface area (TPSA) is 243 Å². The predicted octanol–water partition coefficient (Wildman–Crippen LogP) is 18.6. The van der Waals surface area contributed by atoms with E-state index in [1.165, 1.54) is 89.3 Å². The smallest absolute Gasteiger partial charge is 0.331 e. The number of halogens is 1. The van der Waals surface area contributed by atoms with Gasteiger partial charge in [0.2, 0.25) is 5.24 Å². The molecule has 10 aliphatic carbocycles. The van der Waals surface area contributed by atoms with E-state index in [1.807, 2.05) is 0 Å². The van der Waals surface area contributed by atoms with Crippen LogP contribution < -0.4 is 18.9 Å². The largest absolute Gasteiger partial charge is 0.481 e. The van der Waals surface area contributed by atoms with Crippen molar-refractivity contribution < 1.29 is 77.4 Å². The lowest BCUT2D eigenvalue weighted by atomic mass is 9.32. The Morgan fingerprint density at radius 2 is 0.825 bits per heavy atom. The monoisotopic (exact) mass is 1440 g/mol. The Kier molecular flexibility index (Phi) is 22.1. The molecule has 10 saturated carbocycles. The zero-order chi connectivity index (χ0) is 75.9. The molecule has 10 fully saturated rings. The van der Waals surface area contributed by atoms with Gasteiger partial charge in [-0.2, -0.15) is 0 Å². The van der Waals surface area contributed by atoms with Crippen molar-refractivity contribution in [3.05, 3.63) is 84.0 Å². The first-order valence-corrected chi connectivity index (χ1v) is 38.6. The van der Waals surface area contributed by atoms with Crippen molar-refractivity contribution in [3.8, 4) is 23.0 Å². The van der Waals surface area contributed by atoms with Crippen LogP contribution in [-0.4, -0.2) is 74.6 Å². The summed E-state index contributed by atoms with van der Waals surface area (Å²) in [5.41, 5.74) is 3.09. The third-order valence-corrected chi connectivity index (χ3v) is 31.1. The second kappa shape index (κ2) is 28.7. The summed E-state index contributed by atoms with van der Waals surface area (Å²) in [4.78, 5) is 94.7. The fourth-order valence-electron chi connectivity index (χ4n) is 25.9. The maximum Gasteiger partial charge on any atom is 0.331 e. The minimum Gasteiger partial charge on any atom is -0.481 e. The molecule has 16 nitrogen and oxygen atoms in total. The quantitative estimate of drug-likeness (QED) is 0.0555. The molecule has 2 aromatic carbocycles. The molecule has 564 valence electrons. The Bertz CT molecular complexity index is 3780. The van der Waals surface area contributed by atoms with Gasteiger partial charge in [-0.25, -0.2) is 4.79 Å². The number of aliphatic hydroxyl groups excluding tert-OH is 1. The average molecular weight is 1440 g/mol. The molecule has 0 heterocycles. The van der Waals surface area contributed by atoms with E-state index in [9.17, 15) is 53.7 Å². The molecule has 0 amide bonds. The van der Waals surface area contributed by atoms with Gasteiger partial charge in [-0.15, -0.1) is 0 Å². The minimum absolute atomic E-state index is 0.0202. The van der Waals surface area contributed by atoms with Gasteiger partial charge in [0.1, 0.15) is 6.10 Å². The Morgan fingerprint density at radius 1 is 0.437 bits per heavy atom. The fourth-order valence-corrected chi connectivity index (χ4v) is 26.0. The van der Waals surface area contributed by atoms with Crippen LogP contribution in [-0.2, 0) is 43.1 Å². The summed E-state index contributed by atoms with van der Waals surface area (Å²) < 4.78 is 26.4. The van der Waals surface area contributed by atoms with Gasteiger partial charge >= 0.3 is 41.8 Å². The Labute approximate surface area is 616 Å². The summed E-state index contributed by atoms with van der Waals surface area (Å²) in [6.45, 7) is 42.5. The van der Waals surface area contributed by atoms with Crippen LogP contribution in [0, 0.1) is 113 Å². The van der Waals surface area contributed by atoms with Gasteiger partial charge in [0.25, 0.3) is 0 Å². The maximum absolute atomic E-state index is 13.3. The van der Waals surface area contributed by atoms with Crippen molar-refractivity contribution in [1.29, 1.82) is 0 Å². The molecule has 12 rings (SSSR count). The summed E-state index contributed by atoms with van der Waals surface area (Å²) in [5, 5.41) is 31.4. The van der Waals surface area contributed by atoms with Crippen molar-refractivity contribution >= 4 is 70.8 Å². The number of carbonyl (C=O) groups excluding carboxylic acids is 6. The van der Waals surface area contributed by atoms with E-state index in [0.717, 1.165) is 114 Å². The predicted molar refractivity (Wildman–Crippen MR) is 396 cm³/mol. The van der Waals surface area contributed by atoms with E-state index in [-0.39, 0.29) is 96.3 Å². The van der Waals surface area contributed by atoms with E-state index in [2.05, 4.69) is 96.2 Å². The summed E-state index contributed by atoms with van der Waals surface area (Å²) in [5.74, 6) is 0.780. The minimum atomic E-state index is -0.627. The highest BCUT2D eigenvalue weighted by atomic mass is 35.5. The summed E-state index contributed by atoms with van der Waals surface area (Å²) in [6.07, 6.45) is 25.5. The van der Waals surface area contributed by atoms with Crippen molar-refractivity contribution in [2.24, 2.45) is 113 Å². The lowest BCUT2D eigenvalue weighted by Crippen LogP contribution is -2.67. The molecule has 0 radical (unpaired) electrons. The molecule has 0 aliphatic heterocycles. The van der Waals surface area contributed by atoms with Crippen LogP contribution in [0.2, 0.25) is 0 Å². The number of carboxylic acids is 2. The third-order valence-electron chi connectivity index (χ3n) is 30.9. The van der Waals surface area contributed by atoms with E-state index in [0.29, 0.717) is 52.6 Å². The molecule has 0 aromatic heterocycles. The van der Waals surface area contributed by atoms with Crippen LogP contribution in [0.25, 0.3) is 12.2 Å². The van der Waals surface area contributed by atoms with Crippen LogP contribution >= 0.6 is 11.6 Å².